The molecule has 2 aromatic carbocycles. The summed E-state index contributed by atoms with van der Waals surface area (Å²) >= 11 is 2.26. The normalized spacial score (nSPS) is 10.0. The van der Waals surface area contributed by atoms with Gasteiger partial charge in [-0.1, -0.05) is 24.8 Å². The highest BCUT2D eigenvalue weighted by Gasteiger charge is 2.12. The van der Waals surface area contributed by atoms with Crippen LogP contribution in [-0.2, 0) is 11.3 Å². The molecule has 0 fully saturated rings. The topological polar surface area (TPSA) is 44.8 Å². The minimum Gasteiger partial charge on any atom is -0.493 e. The highest BCUT2D eigenvalue weighted by atomic mass is 127. The van der Waals surface area contributed by atoms with E-state index in [1.807, 2.05) is 24.3 Å². The summed E-state index contributed by atoms with van der Waals surface area (Å²) in [5.41, 5.74) is 1.47. The predicted molar refractivity (Wildman–Crippen MR) is 97.0 cm³/mol. The molecule has 0 aliphatic rings. The summed E-state index contributed by atoms with van der Waals surface area (Å²) in [5, 5.41) is 0. The van der Waals surface area contributed by atoms with Crippen LogP contribution in [0.3, 0.4) is 0 Å². The Morgan fingerprint density at radius 3 is 2.57 bits per heavy atom. The Balaban J connectivity index is 2.08. The summed E-state index contributed by atoms with van der Waals surface area (Å²) in [5.74, 6) is 0.641. The number of halogens is 1. The standard InChI is InChI=1S/C18H17IO4/c1-3-10-22-18(20)14-6-9-16(17(11-14)21-2)23-12-13-4-7-15(19)8-5-13/h3-9,11H,1,10,12H2,2H3. The number of benzene rings is 2. The van der Waals surface area contributed by atoms with Gasteiger partial charge in [0.15, 0.2) is 11.5 Å². The molecule has 5 heteroatoms. The van der Waals surface area contributed by atoms with Gasteiger partial charge < -0.3 is 14.2 Å². The number of carbonyl (C=O) groups is 1. The number of carbonyl (C=O) groups excluding carboxylic acids is 1. The zero-order valence-electron chi connectivity index (χ0n) is 12.8. The second kappa shape index (κ2) is 8.57. The van der Waals surface area contributed by atoms with Gasteiger partial charge in [-0.2, -0.15) is 0 Å². The highest BCUT2D eigenvalue weighted by Crippen LogP contribution is 2.29. The monoisotopic (exact) mass is 424 g/mol. The molecule has 4 nitrogen and oxygen atoms in total. The van der Waals surface area contributed by atoms with Crippen LogP contribution in [0.2, 0.25) is 0 Å². The molecular formula is C18H17IO4. The van der Waals surface area contributed by atoms with E-state index in [9.17, 15) is 4.79 Å². The van der Waals surface area contributed by atoms with Gasteiger partial charge >= 0.3 is 5.97 Å². The molecule has 0 N–H and O–H groups in total. The molecule has 0 saturated carbocycles. The van der Waals surface area contributed by atoms with E-state index in [2.05, 4.69) is 29.2 Å². The second-order valence-electron chi connectivity index (χ2n) is 4.67. The van der Waals surface area contributed by atoms with Gasteiger partial charge in [0.2, 0.25) is 0 Å². The summed E-state index contributed by atoms with van der Waals surface area (Å²) in [7, 11) is 1.53. The van der Waals surface area contributed by atoms with Crippen molar-refractivity contribution in [3.05, 3.63) is 69.8 Å². The second-order valence-corrected chi connectivity index (χ2v) is 5.91. The Hall–Kier alpha value is -2.02. The van der Waals surface area contributed by atoms with Crippen molar-refractivity contribution in [3.8, 4) is 11.5 Å². The maximum absolute atomic E-state index is 11.8. The summed E-state index contributed by atoms with van der Waals surface area (Å²) in [6.45, 7) is 4.11. The average Bonchev–Trinajstić information content (AvgIpc) is 2.59. The number of hydrogen-bond acceptors (Lipinski definition) is 4. The number of methoxy groups -OCH3 is 1. The average molecular weight is 424 g/mol. The van der Waals surface area contributed by atoms with Crippen molar-refractivity contribution < 1.29 is 19.0 Å². The Morgan fingerprint density at radius 1 is 1.17 bits per heavy atom. The molecule has 23 heavy (non-hydrogen) atoms. The molecule has 0 saturated heterocycles. The van der Waals surface area contributed by atoms with Crippen LogP contribution in [0, 0.1) is 3.57 Å². The fourth-order valence-electron chi connectivity index (χ4n) is 1.87. The largest absolute Gasteiger partial charge is 0.493 e. The van der Waals surface area contributed by atoms with Gasteiger partial charge in [-0.15, -0.1) is 0 Å². The molecule has 0 aliphatic heterocycles. The van der Waals surface area contributed by atoms with Gasteiger partial charge in [-0.25, -0.2) is 4.79 Å². The molecule has 2 aromatic rings. The van der Waals surface area contributed by atoms with Crippen LogP contribution in [-0.4, -0.2) is 19.7 Å². The van der Waals surface area contributed by atoms with E-state index >= 15 is 0 Å². The van der Waals surface area contributed by atoms with Crippen LogP contribution >= 0.6 is 22.6 Å². The van der Waals surface area contributed by atoms with Crippen LogP contribution in [0.5, 0.6) is 11.5 Å². The van der Waals surface area contributed by atoms with Crippen molar-refractivity contribution in [2.24, 2.45) is 0 Å². The number of rotatable bonds is 7. The molecule has 0 radical (unpaired) electrons. The summed E-state index contributed by atoms with van der Waals surface area (Å²) < 4.78 is 17.2. The number of ether oxygens (including phenoxy) is 3. The molecule has 0 heterocycles. The lowest BCUT2D eigenvalue weighted by Crippen LogP contribution is -2.06. The van der Waals surface area contributed by atoms with E-state index in [0.717, 1.165) is 5.56 Å². The van der Waals surface area contributed by atoms with E-state index in [1.165, 1.54) is 16.8 Å². The zero-order chi connectivity index (χ0) is 16.7. The van der Waals surface area contributed by atoms with E-state index < -0.39 is 5.97 Å². The van der Waals surface area contributed by atoms with E-state index in [-0.39, 0.29) is 6.61 Å². The number of esters is 1. The van der Waals surface area contributed by atoms with Crippen LogP contribution < -0.4 is 9.47 Å². The third-order valence-corrected chi connectivity index (χ3v) is 3.76. The molecule has 0 unspecified atom stereocenters. The van der Waals surface area contributed by atoms with E-state index in [1.54, 1.807) is 18.2 Å². The van der Waals surface area contributed by atoms with Gasteiger partial charge in [-0.05, 0) is 58.5 Å². The van der Waals surface area contributed by atoms with E-state index in [4.69, 9.17) is 14.2 Å². The van der Waals surface area contributed by atoms with Crippen molar-refractivity contribution in [1.82, 2.24) is 0 Å². The lowest BCUT2D eigenvalue weighted by molar-refractivity contribution is 0.0549. The van der Waals surface area contributed by atoms with Crippen LogP contribution in [0.4, 0.5) is 0 Å². The summed E-state index contributed by atoms with van der Waals surface area (Å²) in [4.78, 5) is 11.8. The first kappa shape index (κ1) is 17.3. The van der Waals surface area contributed by atoms with Crippen LogP contribution in [0.15, 0.2) is 55.1 Å². The van der Waals surface area contributed by atoms with Crippen molar-refractivity contribution >= 4 is 28.6 Å². The Morgan fingerprint density at radius 2 is 1.91 bits per heavy atom. The third-order valence-electron chi connectivity index (χ3n) is 3.04. The summed E-state index contributed by atoms with van der Waals surface area (Å²) in [6.07, 6.45) is 1.52. The van der Waals surface area contributed by atoms with Crippen LogP contribution in [0.1, 0.15) is 15.9 Å². The minimum absolute atomic E-state index is 0.173. The van der Waals surface area contributed by atoms with Crippen molar-refractivity contribution in [3.63, 3.8) is 0 Å². The third kappa shape index (κ3) is 4.99. The Labute approximate surface area is 149 Å². The maximum atomic E-state index is 11.8. The quantitative estimate of drug-likeness (QED) is 0.379. The van der Waals surface area contributed by atoms with Gasteiger partial charge in [0, 0.05) is 3.57 Å². The van der Waals surface area contributed by atoms with Gasteiger partial charge in [-0.3, -0.25) is 0 Å². The molecule has 0 bridgehead atoms. The van der Waals surface area contributed by atoms with Crippen molar-refractivity contribution in [2.45, 2.75) is 6.61 Å². The Bertz CT molecular complexity index is 680. The smallest absolute Gasteiger partial charge is 0.338 e. The fourth-order valence-corrected chi connectivity index (χ4v) is 2.23. The first-order chi connectivity index (χ1) is 11.1. The van der Waals surface area contributed by atoms with Gasteiger partial charge in [0.05, 0.1) is 12.7 Å². The molecule has 0 amide bonds. The molecule has 0 spiro atoms. The fraction of sp³-hybridized carbons (Fsp3) is 0.167. The molecule has 120 valence electrons. The van der Waals surface area contributed by atoms with Gasteiger partial charge in [0.1, 0.15) is 13.2 Å². The SMILES string of the molecule is C=CCOC(=O)c1ccc(OCc2ccc(I)cc2)c(OC)c1. The molecule has 0 aromatic heterocycles. The lowest BCUT2D eigenvalue weighted by atomic mass is 10.2. The predicted octanol–water partition coefficient (Wildman–Crippen LogP) is 4.22. The highest BCUT2D eigenvalue weighted by molar-refractivity contribution is 14.1. The summed E-state index contributed by atoms with van der Waals surface area (Å²) in [6, 6.07) is 13.0. The Kier molecular flexibility index (Phi) is 6.46. The van der Waals surface area contributed by atoms with Crippen LogP contribution in [0.25, 0.3) is 0 Å². The lowest BCUT2D eigenvalue weighted by Gasteiger charge is -2.12. The van der Waals surface area contributed by atoms with Gasteiger partial charge in [0.25, 0.3) is 0 Å². The minimum atomic E-state index is -0.424. The first-order valence-corrected chi connectivity index (χ1v) is 8.05. The van der Waals surface area contributed by atoms with Crippen molar-refractivity contribution in [2.75, 3.05) is 13.7 Å². The van der Waals surface area contributed by atoms with Crippen molar-refractivity contribution in [1.29, 1.82) is 0 Å². The zero-order valence-corrected chi connectivity index (χ0v) is 14.9. The first-order valence-electron chi connectivity index (χ1n) is 6.97. The number of hydrogen-bond donors (Lipinski definition) is 0. The maximum Gasteiger partial charge on any atom is 0.338 e. The molecule has 0 aliphatic carbocycles. The van der Waals surface area contributed by atoms with E-state index in [0.29, 0.717) is 23.7 Å². The molecule has 0 atom stereocenters. The molecular weight excluding hydrogens is 407 g/mol. The molecule has 2 rings (SSSR count).